The molecule has 2 unspecified atom stereocenters. The zero-order chi connectivity index (χ0) is 13.9. The first-order chi connectivity index (χ1) is 8.24. The summed E-state index contributed by atoms with van der Waals surface area (Å²) in [7, 11) is 0. The van der Waals surface area contributed by atoms with Crippen molar-refractivity contribution >= 4 is 17.9 Å². The van der Waals surface area contributed by atoms with Gasteiger partial charge in [0.05, 0.1) is 6.61 Å². The van der Waals surface area contributed by atoms with E-state index < -0.39 is 35.7 Å². The molecule has 0 aromatic rings. The molecule has 0 aromatic carbocycles. The quantitative estimate of drug-likeness (QED) is 0.536. The molecule has 2 atom stereocenters. The number of cyclic esters (lactones) is 1. The molecule has 1 aliphatic rings. The highest BCUT2D eigenvalue weighted by molar-refractivity contribution is 5.86. The molecule has 0 spiro atoms. The third kappa shape index (κ3) is 3.43. The lowest BCUT2D eigenvalue weighted by molar-refractivity contribution is -0.184. The van der Waals surface area contributed by atoms with E-state index in [0.29, 0.717) is 6.42 Å². The summed E-state index contributed by atoms with van der Waals surface area (Å²) < 4.78 is 14.5. The van der Waals surface area contributed by atoms with Crippen LogP contribution in [0.2, 0.25) is 0 Å². The molecule has 1 aliphatic heterocycles. The molecule has 2 N–H and O–H groups in total. The van der Waals surface area contributed by atoms with Crippen LogP contribution in [0, 0.1) is 0 Å². The molecule has 0 radical (unpaired) electrons. The smallest absolute Gasteiger partial charge is 0.350 e. The van der Waals surface area contributed by atoms with Crippen molar-refractivity contribution in [3.05, 3.63) is 0 Å². The van der Waals surface area contributed by atoms with Gasteiger partial charge >= 0.3 is 17.9 Å². The molecule has 102 valence electrons. The monoisotopic (exact) mass is 259 g/mol. The van der Waals surface area contributed by atoms with Crippen molar-refractivity contribution < 1.29 is 28.6 Å². The second-order valence-corrected chi connectivity index (χ2v) is 4.57. The van der Waals surface area contributed by atoms with Gasteiger partial charge in [-0.3, -0.25) is 4.79 Å². The van der Waals surface area contributed by atoms with E-state index in [4.69, 9.17) is 15.2 Å². The van der Waals surface area contributed by atoms with Crippen LogP contribution in [-0.2, 0) is 28.6 Å². The molecule has 0 amide bonds. The van der Waals surface area contributed by atoms with Gasteiger partial charge in [-0.15, -0.1) is 0 Å². The average Bonchev–Trinajstić information content (AvgIpc) is 2.63. The Bertz CT molecular complexity index is 363. The van der Waals surface area contributed by atoms with Gasteiger partial charge in [0.15, 0.2) is 0 Å². The van der Waals surface area contributed by atoms with Crippen molar-refractivity contribution in [2.45, 2.75) is 44.9 Å². The van der Waals surface area contributed by atoms with Crippen molar-refractivity contribution in [1.82, 2.24) is 0 Å². The first kappa shape index (κ1) is 14.4. The topological polar surface area (TPSA) is 105 Å². The van der Waals surface area contributed by atoms with Crippen molar-refractivity contribution in [1.29, 1.82) is 0 Å². The highest BCUT2D eigenvalue weighted by Crippen LogP contribution is 2.18. The van der Waals surface area contributed by atoms with Crippen LogP contribution in [0.5, 0.6) is 0 Å². The lowest BCUT2D eigenvalue weighted by Crippen LogP contribution is -2.44. The van der Waals surface area contributed by atoms with Crippen molar-refractivity contribution in [2.24, 2.45) is 5.73 Å². The first-order valence-corrected chi connectivity index (χ1v) is 5.60. The molecule has 0 aromatic heterocycles. The Balaban J connectivity index is 2.58. The van der Waals surface area contributed by atoms with Crippen molar-refractivity contribution in [3.8, 4) is 0 Å². The zero-order valence-electron chi connectivity index (χ0n) is 10.6. The van der Waals surface area contributed by atoms with Gasteiger partial charge in [-0.1, -0.05) is 0 Å². The lowest BCUT2D eigenvalue weighted by atomic mass is 10.1. The van der Waals surface area contributed by atoms with Gasteiger partial charge in [-0.2, -0.15) is 0 Å². The summed E-state index contributed by atoms with van der Waals surface area (Å²) in [5.41, 5.74) is 3.84. The van der Waals surface area contributed by atoms with Crippen molar-refractivity contribution in [2.75, 3.05) is 6.61 Å². The van der Waals surface area contributed by atoms with Gasteiger partial charge in [0.25, 0.3) is 0 Å². The minimum absolute atomic E-state index is 0.219. The number of nitrogens with two attached hydrogens (primary N) is 1. The summed E-state index contributed by atoms with van der Waals surface area (Å²) in [6.45, 7) is 4.40. The summed E-state index contributed by atoms with van der Waals surface area (Å²) in [4.78, 5) is 34.2. The van der Waals surface area contributed by atoms with Crippen LogP contribution in [0.3, 0.4) is 0 Å². The number of hydrogen-bond donors (Lipinski definition) is 1. The highest BCUT2D eigenvalue weighted by Gasteiger charge is 2.39. The molecule has 0 bridgehead atoms. The van der Waals surface area contributed by atoms with E-state index in [9.17, 15) is 14.4 Å². The summed E-state index contributed by atoms with van der Waals surface area (Å²) in [5.74, 6) is -2.11. The van der Waals surface area contributed by atoms with E-state index in [1.807, 2.05) is 0 Å². The third-order valence-corrected chi connectivity index (χ3v) is 2.36. The Labute approximate surface area is 105 Å². The fourth-order valence-electron chi connectivity index (χ4n) is 1.24. The maximum absolute atomic E-state index is 11.8. The molecule has 7 nitrogen and oxygen atoms in total. The minimum atomic E-state index is -1.49. The Morgan fingerprint density at radius 2 is 2.11 bits per heavy atom. The molecule has 18 heavy (non-hydrogen) atoms. The van der Waals surface area contributed by atoms with Crippen LogP contribution in [0.15, 0.2) is 0 Å². The summed E-state index contributed by atoms with van der Waals surface area (Å²) in [6.07, 6.45) is -0.618. The van der Waals surface area contributed by atoms with Crippen LogP contribution in [-0.4, -0.2) is 42.3 Å². The lowest BCUT2D eigenvalue weighted by Gasteiger charge is -2.24. The summed E-state index contributed by atoms with van der Waals surface area (Å²) >= 11 is 0. The zero-order valence-corrected chi connectivity index (χ0v) is 10.6. The molecule has 0 saturated carbocycles. The fourth-order valence-corrected chi connectivity index (χ4v) is 1.24. The van der Waals surface area contributed by atoms with Gasteiger partial charge in [0.2, 0.25) is 11.7 Å². The SMILES string of the molecule is CC(N)C(=O)OC(C)(C)C(=O)OC1CCOC1=O. The Hall–Kier alpha value is -1.63. The number of carbonyl (C=O) groups excluding carboxylic acids is 3. The normalized spacial score (nSPS) is 21.1. The Kier molecular flexibility index (Phi) is 4.28. The number of rotatable bonds is 4. The molecule has 7 heteroatoms. The van der Waals surface area contributed by atoms with Crippen LogP contribution in [0.1, 0.15) is 27.2 Å². The predicted octanol–water partition coefficient (Wildman–Crippen LogP) is -0.486. The van der Waals surface area contributed by atoms with Gasteiger partial charge in [0.1, 0.15) is 6.04 Å². The van der Waals surface area contributed by atoms with E-state index >= 15 is 0 Å². The number of carbonyl (C=O) groups is 3. The molecule has 1 fully saturated rings. The van der Waals surface area contributed by atoms with Gasteiger partial charge in [-0.05, 0) is 20.8 Å². The average molecular weight is 259 g/mol. The number of hydrogen-bond acceptors (Lipinski definition) is 7. The summed E-state index contributed by atoms with van der Waals surface area (Å²) in [6, 6.07) is -0.839. The molecule has 1 saturated heterocycles. The predicted molar refractivity (Wildman–Crippen MR) is 59.3 cm³/mol. The number of ether oxygens (including phenoxy) is 3. The van der Waals surface area contributed by atoms with Crippen LogP contribution < -0.4 is 5.73 Å². The van der Waals surface area contributed by atoms with Crippen LogP contribution >= 0.6 is 0 Å². The first-order valence-electron chi connectivity index (χ1n) is 5.60. The molecular weight excluding hydrogens is 242 g/mol. The van der Waals surface area contributed by atoms with Crippen molar-refractivity contribution in [3.63, 3.8) is 0 Å². The van der Waals surface area contributed by atoms with E-state index in [0.717, 1.165) is 0 Å². The maximum atomic E-state index is 11.8. The molecule has 0 aliphatic carbocycles. The Morgan fingerprint density at radius 1 is 1.50 bits per heavy atom. The van der Waals surface area contributed by atoms with E-state index in [1.165, 1.54) is 20.8 Å². The summed E-state index contributed by atoms with van der Waals surface area (Å²) in [5, 5.41) is 0. The molecule has 1 rings (SSSR count). The minimum Gasteiger partial charge on any atom is -0.463 e. The van der Waals surface area contributed by atoms with Gasteiger partial charge in [-0.25, -0.2) is 9.59 Å². The van der Waals surface area contributed by atoms with Crippen LogP contribution in [0.25, 0.3) is 0 Å². The van der Waals surface area contributed by atoms with Gasteiger partial charge < -0.3 is 19.9 Å². The molecular formula is C11H17NO6. The second kappa shape index (κ2) is 5.34. The largest absolute Gasteiger partial charge is 0.463 e. The maximum Gasteiger partial charge on any atom is 0.350 e. The number of esters is 3. The highest BCUT2D eigenvalue weighted by atomic mass is 16.6. The van der Waals surface area contributed by atoms with E-state index in [2.05, 4.69) is 4.74 Å². The van der Waals surface area contributed by atoms with Crippen LogP contribution in [0.4, 0.5) is 0 Å². The molecule has 1 heterocycles. The van der Waals surface area contributed by atoms with E-state index in [1.54, 1.807) is 0 Å². The Morgan fingerprint density at radius 3 is 2.56 bits per heavy atom. The standard InChI is InChI=1S/C11H17NO6/c1-6(12)8(13)18-11(2,3)10(15)17-7-4-5-16-9(7)14/h6-7H,4-5,12H2,1-3H3. The third-order valence-electron chi connectivity index (χ3n) is 2.36. The fraction of sp³-hybridized carbons (Fsp3) is 0.727. The second-order valence-electron chi connectivity index (χ2n) is 4.57. The van der Waals surface area contributed by atoms with E-state index in [-0.39, 0.29) is 6.61 Å². The van der Waals surface area contributed by atoms with Gasteiger partial charge in [0, 0.05) is 6.42 Å².